The van der Waals surface area contributed by atoms with Gasteiger partial charge in [-0.25, -0.2) is 9.59 Å². The number of amides is 2. The maximum atomic E-state index is 13.0. The van der Waals surface area contributed by atoms with Gasteiger partial charge in [-0.05, 0) is 57.2 Å². The number of thioether (sulfide) groups is 1. The first kappa shape index (κ1) is 25.8. The molecule has 3 atom stereocenters. The van der Waals surface area contributed by atoms with Gasteiger partial charge in [0.25, 0.3) is 5.69 Å². The third-order valence-corrected chi connectivity index (χ3v) is 6.81. The van der Waals surface area contributed by atoms with Crippen LogP contribution in [0.1, 0.15) is 46.1 Å². The van der Waals surface area contributed by atoms with Crippen LogP contribution < -0.4 is 0 Å². The predicted molar refractivity (Wildman–Crippen MR) is 126 cm³/mol. The summed E-state index contributed by atoms with van der Waals surface area (Å²) in [6.45, 7) is 8.37. The molecule has 2 saturated heterocycles. The van der Waals surface area contributed by atoms with Gasteiger partial charge < -0.3 is 19.3 Å². The Morgan fingerprint density at radius 3 is 2.41 bits per heavy atom. The van der Waals surface area contributed by atoms with Crippen LogP contribution in [0.25, 0.3) is 0 Å². The van der Waals surface area contributed by atoms with Crippen molar-refractivity contribution in [3.63, 3.8) is 0 Å². The van der Waals surface area contributed by atoms with Crippen LogP contribution in [0.3, 0.4) is 0 Å². The number of rotatable bonds is 5. The van der Waals surface area contributed by atoms with Crippen LogP contribution in [0.5, 0.6) is 0 Å². The molecule has 0 radical (unpaired) electrons. The molecular weight excluding hydrogens is 462 g/mol. The Morgan fingerprint density at radius 2 is 1.82 bits per heavy atom. The number of nitrogens with zero attached hydrogens (tertiary/aromatic N) is 3. The van der Waals surface area contributed by atoms with E-state index in [9.17, 15) is 24.5 Å². The summed E-state index contributed by atoms with van der Waals surface area (Å²) in [5.41, 5.74) is 0.0234. The minimum atomic E-state index is -0.584. The number of nitro benzene ring substituents is 1. The number of carbonyl (C=O) groups is 3. The fourth-order valence-corrected chi connectivity index (χ4v) is 5.34. The van der Waals surface area contributed by atoms with Gasteiger partial charge in [0.05, 0.1) is 4.92 Å². The van der Waals surface area contributed by atoms with Gasteiger partial charge in [-0.3, -0.25) is 14.9 Å². The molecule has 2 heterocycles. The highest BCUT2D eigenvalue weighted by Gasteiger charge is 2.44. The minimum absolute atomic E-state index is 0.00773. The number of nitro groups is 1. The van der Waals surface area contributed by atoms with E-state index in [2.05, 4.69) is 0 Å². The highest BCUT2D eigenvalue weighted by molar-refractivity contribution is 8.14. The second-order valence-electron chi connectivity index (χ2n) is 9.64. The third-order valence-electron chi connectivity index (χ3n) is 5.80. The maximum Gasteiger partial charge on any atom is 0.410 e. The molecule has 1 aromatic rings. The van der Waals surface area contributed by atoms with Gasteiger partial charge in [0, 0.05) is 50.0 Å². The largest absolute Gasteiger partial charge is 0.445 e. The van der Waals surface area contributed by atoms with Gasteiger partial charge in [-0.15, -0.1) is 0 Å². The van der Waals surface area contributed by atoms with E-state index in [0.717, 1.165) is 6.42 Å². The molecule has 0 bridgehead atoms. The molecule has 0 aromatic heterocycles. The Morgan fingerprint density at radius 1 is 1.15 bits per heavy atom. The van der Waals surface area contributed by atoms with Crippen LogP contribution in [-0.2, 0) is 20.9 Å². The Hall–Kier alpha value is -2.82. The summed E-state index contributed by atoms with van der Waals surface area (Å²) < 4.78 is 11.0. The molecule has 0 saturated carbocycles. The van der Waals surface area contributed by atoms with Gasteiger partial charge >= 0.3 is 12.2 Å². The quantitative estimate of drug-likeness (QED) is 0.442. The van der Waals surface area contributed by atoms with Crippen molar-refractivity contribution >= 4 is 34.8 Å². The van der Waals surface area contributed by atoms with Crippen molar-refractivity contribution in [3.05, 3.63) is 39.9 Å². The number of ether oxygens (including phenoxy) is 2. The lowest BCUT2D eigenvalue weighted by atomic mass is 9.97. The first-order valence-corrected chi connectivity index (χ1v) is 12.1. The normalized spacial score (nSPS) is 22.5. The summed E-state index contributed by atoms with van der Waals surface area (Å²) in [6.07, 6.45) is 0.512. The zero-order valence-corrected chi connectivity index (χ0v) is 20.7. The molecule has 0 spiro atoms. The van der Waals surface area contributed by atoms with E-state index in [-0.39, 0.29) is 40.7 Å². The predicted octanol–water partition coefficient (Wildman–Crippen LogP) is 4.21. The number of benzene rings is 1. The molecule has 0 N–H and O–H groups in total. The topological polar surface area (TPSA) is 119 Å². The molecular formula is C23H31N3O7S. The van der Waals surface area contributed by atoms with Gasteiger partial charge in [0.15, 0.2) is 5.12 Å². The Kier molecular flexibility index (Phi) is 8.06. The summed E-state index contributed by atoms with van der Waals surface area (Å²) in [4.78, 5) is 50.8. The second kappa shape index (κ2) is 10.6. The average molecular weight is 494 g/mol. The van der Waals surface area contributed by atoms with Gasteiger partial charge in [0.2, 0.25) is 0 Å². The second-order valence-corrected chi connectivity index (χ2v) is 11.1. The van der Waals surface area contributed by atoms with Crippen molar-refractivity contribution < 1.29 is 28.8 Å². The summed E-state index contributed by atoms with van der Waals surface area (Å²) in [5, 5.41) is 10.8. The summed E-state index contributed by atoms with van der Waals surface area (Å²) in [5.74, 6) is 0.0528. The van der Waals surface area contributed by atoms with Crippen LogP contribution in [0, 0.1) is 16.0 Å². The Balaban J connectivity index is 1.64. The molecule has 2 amide bonds. The molecule has 0 aliphatic carbocycles. The van der Waals surface area contributed by atoms with E-state index >= 15 is 0 Å². The third kappa shape index (κ3) is 6.85. The number of hydrogen-bond donors (Lipinski definition) is 0. The fraction of sp³-hybridized carbons (Fsp3) is 0.609. The summed E-state index contributed by atoms with van der Waals surface area (Å²) in [7, 11) is 0. The molecule has 2 aliphatic heterocycles. The Labute approximate surface area is 203 Å². The lowest BCUT2D eigenvalue weighted by molar-refractivity contribution is -0.384. The minimum Gasteiger partial charge on any atom is -0.445 e. The van der Waals surface area contributed by atoms with Gasteiger partial charge in [0.1, 0.15) is 12.2 Å². The zero-order valence-electron chi connectivity index (χ0n) is 19.9. The number of hydrogen-bond acceptors (Lipinski definition) is 8. The van der Waals surface area contributed by atoms with E-state index in [4.69, 9.17) is 9.47 Å². The molecule has 1 unspecified atom stereocenters. The van der Waals surface area contributed by atoms with Crippen molar-refractivity contribution in [1.82, 2.24) is 9.80 Å². The molecule has 2 aliphatic rings. The van der Waals surface area contributed by atoms with E-state index in [1.807, 2.05) is 20.8 Å². The molecule has 2 fully saturated rings. The van der Waals surface area contributed by atoms with Gasteiger partial charge in [-0.1, -0.05) is 11.8 Å². The van der Waals surface area contributed by atoms with Crippen molar-refractivity contribution in [1.29, 1.82) is 0 Å². The van der Waals surface area contributed by atoms with E-state index in [1.165, 1.54) is 30.8 Å². The monoisotopic (exact) mass is 493 g/mol. The number of non-ortho nitro benzene ring substituents is 1. The molecule has 1 aromatic carbocycles. The van der Waals surface area contributed by atoms with Gasteiger partial charge in [-0.2, -0.15) is 0 Å². The lowest BCUT2D eigenvalue weighted by Gasteiger charge is -2.29. The number of carbonyl (C=O) groups excluding carboxylic acids is 3. The van der Waals surface area contributed by atoms with E-state index < -0.39 is 16.6 Å². The van der Waals surface area contributed by atoms with E-state index in [1.54, 1.807) is 21.9 Å². The van der Waals surface area contributed by atoms with Crippen molar-refractivity contribution in [2.24, 2.45) is 5.92 Å². The fourth-order valence-electron chi connectivity index (χ4n) is 4.34. The standard InChI is InChI=1S/C23H31N3O7S/c1-15(27)34-19-11-20(17-9-10-24(12-17)21(28)33-23(2,3)4)25(13-19)22(29)32-14-16-5-7-18(8-6-16)26(30)31/h5-8,17,19-20H,9-14H2,1-4H3/t17?,19-,20-/m0/s1. The maximum absolute atomic E-state index is 13.0. The van der Waals surface area contributed by atoms with Crippen LogP contribution in [0.4, 0.5) is 15.3 Å². The van der Waals surface area contributed by atoms with Crippen LogP contribution in [0.15, 0.2) is 24.3 Å². The van der Waals surface area contributed by atoms with Crippen LogP contribution in [-0.4, -0.2) is 68.6 Å². The highest BCUT2D eigenvalue weighted by Crippen LogP contribution is 2.36. The van der Waals surface area contributed by atoms with Crippen molar-refractivity contribution in [3.8, 4) is 0 Å². The molecule has 34 heavy (non-hydrogen) atoms. The SMILES string of the molecule is CC(=O)S[C@H]1C[C@@H](C2CCN(C(=O)OC(C)(C)C)C2)N(C(=O)OCc2ccc([N+](=O)[O-])cc2)C1. The number of likely N-dealkylation sites (tertiary alicyclic amines) is 2. The summed E-state index contributed by atoms with van der Waals surface area (Å²) >= 11 is 1.22. The molecule has 3 rings (SSSR count). The van der Waals surface area contributed by atoms with Crippen LogP contribution in [0.2, 0.25) is 0 Å². The smallest absolute Gasteiger partial charge is 0.410 e. The van der Waals surface area contributed by atoms with Crippen molar-refractivity contribution in [2.45, 2.75) is 64.0 Å². The molecule has 11 heteroatoms. The highest BCUT2D eigenvalue weighted by atomic mass is 32.2. The molecule has 186 valence electrons. The summed E-state index contributed by atoms with van der Waals surface area (Å²) in [6, 6.07) is 5.68. The Bertz CT molecular complexity index is 931. The van der Waals surface area contributed by atoms with E-state index in [0.29, 0.717) is 31.6 Å². The zero-order chi connectivity index (χ0) is 25.0. The first-order chi connectivity index (χ1) is 15.9. The lowest BCUT2D eigenvalue weighted by Crippen LogP contribution is -2.42. The van der Waals surface area contributed by atoms with Crippen molar-refractivity contribution in [2.75, 3.05) is 19.6 Å². The average Bonchev–Trinajstić information content (AvgIpc) is 3.38. The molecule has 10 nitrogen and oxygen atoms in total. The van der Waals surface area contributed by atoms with Crippen LogP contribution >= 0.6 is 11.8 Å². The first-order valence-electron chi connectivity index (χ1n) is 11.2.